The van der Waals surface area contributed by atoms with E-state index in [0.717, 1.165) is 31.8 Å². The van der Waals surface area contributed by atoms with Crippen molar-refractivity contribution in [1.82, 2.24) is 9.80 Å². The fourth-order valence-electron chi connectivity index (χ4n) is 6.00. The van der Waals surface area contributed by atoms with E-state index in [-0.39, 0.29) is 11.2 Å². The minimum absolute atomic E-state index is 0.231. The number of nitrogens with zero attached hydrogens (tertiary/aromatic N) is 2. The number of aliphatic hydroxyl groups is 1. The van der Waals surface area contributed by atoms with Crippen molar-refractivity contribution in [1.29, 1.82) is 0 Å². The van der Waals surface area contributed by atoms with E-state index in [1.807, 2.05) is 6.07 Å². The molecule has 1 N–H and O–H groups in total. The lowest BCUT2D eigenvalue weighted by Gasteiger charge is -2.47. The van der Waals surface area contributed by atoms with Gasteiger partial charge in [-0.05, 0) is 69.0 Å². The summed E-state index contributed by atoms with van der Waals surface area (Å²) in [5.41, 5.74) is -0.288. The number of benzene rings is 1. The molecule has 1 aromatic carbocycles. The maximum Gasteiger partial charge on any atom is 0.129 e. The van der Waals surface area contributed by atoms with Crippen LogP contribution in [0, 0.1) is 17.2 Å². The predicted octanol–water partition coefficient (Wildman–Crippen LogP) is 4.40. The third-order valence-corrected chi connectivity index (χ3v) is 7.43. The smallest absolute Gasteiger partial charge is 0.129 e. The molecule has 3 saturated heterocycles. The summed E-state index contributed by atoms with van der Waals surface area (Å²) in [5, 5.41) is 11.3. The molecule has 0 amide bonds. The minimum Gasteiger partial charge on any atom is -0.385 e. The number of likely N-dealkylation sites (tertiary alicyclic amines) is 1. The molecule has 3 nitrogen and oxygen atoms in total. The van der Waals surface area contributed by atoms with Crippen LogP contribution in [0.15, 0.2) is 24.3 Å². The van der Waals surface area contributed by atoms with Crippen LogP contribution in [0.1, 0.15) is 64.9 Å². The lowest BCUT2D eigenvalue weighted by Crippen LogP contribution is -2.54. The van der Waals surface area contributed by atoms with Gasteiger partial charge in [-0.25, -0.2) is 4.39 Å². The van der Waals surface area contributed by atoms with Crippen LogP contribution in [0.2, 0.25) is 0 Å². The zero-order chi connectivity index (χ0) is 19.9. The first kappa shape index (κ1) is 20.3. The summed E-state index contributed by atoms with van der Waals surface area (Å²) in [6.45, 7) is 11.8. The molecule has 0 radical (unpaired) electrons. The van der Waals surface area contributed by atoms with Crippen LogP contribution in [-0.2, 0) is 5.60 Å². The Hall–Kier alpha value is -0.970. The molecule has 3 heterocycles. The van der Waals surface area contributed by atoms with Gasteiger partial charge in [0.1, 0.15) is 5.82 Å². The van der Waals surface area contributed by atoms with Crippen molar-refractivity contribution in [2.24, 2.45) is 11.3 Å². The Morgan fingerprint density at radius 1 is 1.04 bits per heavy atom. The van der Waals surface area contributed by atoms with Gasteiger partial charge in [0.05, 0.1) is 5.60 Å². The summed E-state index contributed by atoms with van der Waals surface area (Å²) in [7, 11) is 0. The Balaban J connectivity index is 1.42. The van der Waals surface area contributed by atoms with E-state index in [1.54, 1.807) is 12.1 Å². The van der Waals surface area contributed by atoms with Gasteiger partial charge in [0.2, 0.25) is 0 Å². The monoisotopic (exact) mass is 388 g/mol. The topological polar surface area (TPSA) is 26.7 Å². The first-order chi connectivity index (χ1) is 13.3. The quantitative estimate of drug-likeness (QED) is 0.810. The van der Waals surface area contributed by atoms with Gasteiger partial charge in [-0.3, -0.25) is 4.90 Å². The Bertz CT molecular complexity index is 669. The van der Waals surface area contributed by atoms with Gasteiger partial charge in [0.25, 0.3) is 0 Å². The third-order valence-electron chi connectivity index (χ3n) is 7.43. The number of fused-ring (bicyclic) bond motifs is 2. The minimum atomic E-state index is -1.01. The molecule has 3 fully saturated rings. The number of hydrogen-bond acceptors (Lipinski definition) is 3. The largest absolute Gasteiger partial charge is 0.385 e. The normalized spacial score (nSPS) is 32.8. The molecule has 3 aliphatic heterocycles. The second kappa shape index (κ2) is 7.70. The van der Waals surface area contributed by atoms with E-state index in [2.05, 4.69) is 30.6 Å². The molecule has 3 aliphatic rings. The molecule has 2 bridgehead atoms. The fraction of sp³-hybridized carbons (Fsp3) is 0.750. The zero-order valence-corrected chi connectivity index (χ0v) is 17.8. The van der Waals surface area contributed by atoms with E-state index >= 15 is 0 Å². The lowest BCUT2D eigenvalue weighted by atomic mass is 9.79. The Kier molecular flexibility index (Phi) is 5.58. The van der Waals surface area contributed by atoms with Crippen LogP contribution < -0.4 is 0 Å². The molecular formula is C24H37FN2O. The van der Waals surface area contributed by atoms with Crippen LogP contribution in [-0.4, -0.2) is 53.2 Å². The maximum absolute atomic E-state index is 14.4. The number of piperidine rings is 2. The van der Waals surface area contributed by atoms with Gasteiger partial charge in [-0.15, -0.1) is 0 Å². The first-order valence-corrected chi connectivity index (χ1v) is 11.2. The van der Waals surface area contributed by atoms with Crippen LogP contribution in [0.3, 0.4) is 0 Å². The van der Waals surface area contributed by atoms with Crippen LogP contribution in [0.25, 0.3) is 0 Å². The molecule has 28 heavy (non-hydrogen) atoms. The maximum atomic E-state index is 14.4. The molecule has 156 valence electrons. The standard InChI is InChI=1S/C24H37FN2O/c1-18-10-12-26(13-11-18)16-23(2,3)17-27-19-8-9-20(27)15-24(28,14-19)21-6-4-5-7-22(21)25/h4-7,18-20,28H,8-17H2,1-3H3. The van der Waals surface area contributed by atoms with Crippen molar-refractivity contribution in [2.75, 3.05) is 26.2 Å². The molecule has 0 saturated carbocycles. The summed E-state index contributed by atoms with van der Waals surface area (Å²) in [4.78, 5) is 5.28. The third kappa shape index (κ3) is 4.15. The second-order valence-corrected chi connectivity index (χ2v) is 10.6. The van der Waals surface area contributed by atoms with Gasteiger partial charge in [-0.2, -0.15) is 0 Å². The van der Waals surface area contributed by atoms with E-state index in [1.165, 1.54) is 32.0 Å². The average molecular weight is 389 g/mol. The van der Waals surface area contributed by atoms with Crippen molar-refractivity contribution < 1.29 is 9.50 Å². The van der Waals surface area contributed by atoms with E-state index in [9.17, 15) is 9.50 Å². The highest BCUT2D eigenvalue weighted by atomic mass is 19.1. The van der Waals surface area contributed by atoms with E-state index in [0.29, 0.717) is 30.5 Å². The Morgan fingerprint density at radius 3 is 2.25 bits per heavy atom. The van der Waals surface area contributed by atoms with Gasteiger partial charge in [0, 0.05) is 30.7 Å². The fourth-order valence-corrected chi connectivity index (χ4v) is 6.00. The molecule has 0 spiro atoms. The van der Waals surface area contributed by atoms with Crippen LogP contribution in [0.5, 0.6) is 0 Å². The first-order valence-electron chi connectivity index (χ1n) is 11.2. The summed E-state index contributed by atoms with van der Waals surface area (Å²) in [6, 6.07) is 7.52. The molecular weight excluding hydrogens is 351 g/mol. The van der Waals surface area contributed by atoms with Crippen molar-refractivity contribution >= 4 is 0 Å². The highest BCUT2D eigenvalue weighted by Gasteiger charge is 2.50. The molecule has 2 unspecified atom stereocenters. The van der Waals surface area contributed by atoms with Gasteiger partial charge >= 0.3 is 0 Å². The van der Waals surface area contributed by atoms with Crippen molar-refractivity contribution in [3.8, 4) is 0 Å². The molecule has 0 aliphatic carbocycles. The van der Waals surface area contributed by atoms with Gasteiger partial charge in [0.15, 0.2) is 0 Å². The summed E-state index contributed by atoms with van der Waals surface area (Å²) in [5.74, 6) is 0.603. The average Bonchev–Trinajstić information content (AvgIpc) is 2.87. The molecule has 1 aromatic rings. The Labute approximate surface area is 169 Å². The van der Waals surface area contributed by atoms with E-state index in [4.69, 9.17) is 0 Å². The Morgan fingerprint density at radius 2 is 1.64 bits per heavy atom. The highest BCUT2D eigenvalue weighted by molar-refractivity contribution is 5.26. The second-order valence-electron chi connectivity index (χ2n) is 10.6. The highest BCUT2D eigenvalue weighted by Crippen LogP contribution is 2.47. The van der Waals surface area contributed by atoms with Crippen molar-refractivity contribution in [3.63, 3.8) is 0 Å². The molecule has 4 heteroatoms. The number of halogens is 1. The van der Waals surface area contributed by atoms with Crippen molar-refractivity contribution in [2.45, 2.75) is 77.0 Å². The zero-order valence-electron chi connectivity index (χ0n) is 17.8. The van der Waals surface area contributed by atoms with Gasteiger partial charge < -0.3 is 10.0 Å². The summed E-state index contributed by atoms with van der Waals surface area (Å²) < 4.78 is 14.4. The van der Waals surface area contributed by atoms with Crippen LogP contribution in [0.4, 0.5) is 4.39 Å². The summed E-state index contributed by atoms with van der Waals surface area (Å²) >= 11 is 0. The molecule has 4 rings (SSSR count). The van der Waals surface area contributed by atoms with Crippen LogP contribution >= 0.6 is 0 Å². The SMILES string of the molecule is CC1CCN(CC(C)(C)CN2C3CCC2CC(O)(c2ccccc2F)C3)CC1. The van der Waals surface area contributed by atoms with Gasteiger partial charge in [-0.1, -0.05) is 39.0 Å². The lowest BCUT2D eigenvalue weighted by molar-refractivity contribution is -0.0692. The predicted molar refractivity (Wildman–Crippen MR) is 112 cm³/mol. The number of hydrogen-bond donors (Lipinski definition) is 1. The molecule has 0 aromatic heterocycles. The van der Waals surface area contributed by atoms with E-state index < -0.39 is 5.60 Å². The molecule has 2 atom stereocenters. The number of rotatable bonds is 5. The summed E-state index contributed by atoms with van der Waals surface area (Å²) in [6.07, 6.45) is 6.20. The van der Waals surface area contributed by atoms with Crippen molar-refractivity contribution in [3.05, 3.63) is 35.6 Å².